The Morgan fingerprint density at radius 1 is 0.950 bits per heavy atom. The molecule has 1 atom stereocenters. The second-order valence-electron chi connectivity index (χ2n) is 10.7. The van der Waals surface area contributed by atoms with Crippen LogP contribution in [0.25, 0.3) is 0 Å². The Morgan fingerprint density at radius 2 is 1.57 bits per heavy atom. The van der Waals surface area contributed by atoms with Crippen molar-refractivity contribution in [3.8, 4) is 0 Å². The maximum atomic E-state index is 14.1. The number of carbonyl (C=O) groups is 2. The van der Waals surface area contributed by atoms with E-state index in [0.29, 0.717) is 16.3 Å². The van der Waals surface area contributed by atoms with Gasteiger partial charge in [0.2, 0.25) is 21.8 Å². The van der Waals surface area contributed by atoms with Gasteiger partial charge in [0.05, 0.1) is 11.9 Å². The lowest BCUT2D eigenvalue weighted by molar-refractivity contribution is -0.140. The molecule has 0 spiro atoms. The van der Waals surface area contributed by atoms with Gasteiger partial charge in [-0.3, -0.25) is 13.9 Å². The predicted molar refractivity (Wildman–Crippen MR) is 165 cm³/mol. The van der Waals surface area contributed by atoms with Gasteiger partial charge in [-0.25, -0.2) is 8.42 Å². The van der Waals surface area contributed by atoms with Gasteiger partial charge in [0.15, 0.2) is 0 Å². The Kier molecular flexibility index (Phi) is 10.4. The second kappa shape index (κ2) is 13.2. The minimum atomic E-state index is -3.88. The normalized spacial score (nSPS) is 12.5. The zero-order valence-corrected chi connectivity index (χ0v) is 26.5. The monoisotopic (exact) mass is 647 g/mol. The number of anilines is 1. The fourth-order valence-corrected chi connectivity index (χ4v) is 5.59. The SMILES string of the molecule is Cc1c(Cl)cccc1N(CC(=O)N(Cc1ccc(Br)cc1)[C@@H](Cc1ccccc1)C(=O)NC(C)(C)C)S(C)(=O)=O. The van der Waals surface area contributed by atoms with Crippen molar-refractivity contribution in [1.29, 1.82) is 0 Å². The summed E-state index contributed by atoms with van der Waals surface area (Å²) in [7, 11) is -3.88. The van der Waals surface area contributed by atoms with Crippen LogP contribution in [0.4, 0.5) is 5.69 Å². The van der Waals surface area contributed by atoms with Crippen LogP contribution in [0.1, 0.15) is 37.5 Å². The van der Waals surface area contributed by atoms with Gasteiger partial charge in [0.1, 0.15) is 12.6 Å². The molecule has 1 N–H and O–H groups in total. The number of amides is 2. The van der Waals surface area contributed by atoms with Crippen molar-refractivity contribution in [1.82, 2.24) is 10.2 Å². The molecule has 0 aliphatic rings. The van der Waals surface area contributed by atoms with Crippen LogP contribution >= 0.6 is 27.5 Å². The molecular formula is C30H35BrClN3O4S. The predicted octanol–water partition coefficient (Wildman–Crippen LogP) is 5.73. The summed E-state index contributed by atoms with van der Waals surface area (Å²) in [5, 5.41) is 3.40. The molecule has 40 heavy (non-hydrogen) atoms. The third kappa shape index (κ3) is 8.81. The van der Waals surface area contributed by atoms with Gasteiger partial charge in [0, 0.05) is 28.0 Å². The van der Waals surface area contributed by atoms with Crippen LogP contribution in [-0.4, -0.2) is 49.5 Å². The highest BCUT2D eigenvalue weighted by molar-refractivity contribution is 9.10. The molecule has 0 aromatic heterocycles. The standard InChI is InChI=1S/C30H35BrClN3O4S/c1-21-25(32)12-9-13-26(21)35(40(5,38)39)20-28(36)34(19-23-14-16-24(31)17-15-23)27(29(37)33-30(2,3)4)18-22-10-7-6-8-11-22/h6-17,27H,18-20H2,1-5H3,(H,33,37)/t27-/m0/s1. The quantitative estimate of drug-likeness (QED) is 0.304. The summed E-state index contributed by atoms with van der Waals surface area (Å²) in [6.07, 6.45) is 1.30. The summed E-state index contributed by atoms with van der Waals surface area (Å²) in [5.41, 5.74) is 1.97. The molecule has 2 amide bonds. The van der Waals surface area contributed by atoms with E-state index in [0.717, 1.165) is 26.2 Å². The van der Waals surface area contributed by atoms with Crippen LogP contribution in [0.15, 0.2) is 77.3 Å². The first kappa shape index (κ1) is 31.6. The fraction of sp³-hybridized carbons (Fsp3) is 0.333. The van der Waals surface area contributed by atoms with Crippen LogP contribution in [0.3, 0.4) is 0 Å². The lowest BCUT2D eigenvalue weighted by Gasteiger charge is -2.35. The zero-order valence-electron chi connectivity index (χ0n) is 23.3. The first-order valence-corrected chi connectivity index (χ1v) is 15.8. The van der Waals surface area contributed by atoms with Gasteiger partial charge >= 0.3 is 0 Å². The Morgan fingerprint density at radius 3 is 2.15 bits per heavy atom. The van der Waals surface area contributed by atoms with E-state index >= 15 is 0 Å². The van der Waals surface area contributed by atoms with Crippen LogP contribution in [0, 0.1) is 6.92 Å². The molecule has 214 valence electrons. The van der Waals surface area contributed by atoms with Crippen molar-refractivity contribution in [3.05, 3.63) is 99.0 Å². The molecule has 0 heterocycles. The van der Waals surface area contributed by atoms with E-state index in [-0.39, 0.29) is 18.9 Å². The van der Waals surface area contributed by atoms with Crippen LogP contribution in [0.2, 0.25) is 5.02 Å². The molecule has 0 aliphatic carbocycles. The van der Waals surface area contributed by atoms with E-state index in [9.17, 15) is 18.0 Å². The van der Waals surface area contributed by atoms with E-state index in [4.69, 9.17) is 11.6 Å². The summed E-state index contributed by atoms with van der Waals surface area (Å²) >= 11 is 9.73. The van der Waals surface area contributed by atoms with Gasteiger partial charge in [-0.15, -0.1) is 0 Å². The number of nitrogens with zero attached hydrogens (tertiary/aromatic N) is 2. The number of halogens is 2. The molecule has 0 aliphatic heterocycles. The summed E-state index contributed by atoms with van der Waals surface area (Å²) in [6.45, 7) is 6.93. The van der Waals surface area contributed by atoms with Crippen LogP contribution in [-0.2, 0) is 32.6 Å². The molecule has 3 aromatic carbocycles. The van der Waals surface area contributed by atoms with E-state index in [1.54, 1.807) is 25.1 Å². The van der Waals surface area contributed by atoms with Gasteiger partial charge in [-0.2, -0.15) is 0 Å². The van der Waals surface area contributed by atoms with Crippen molar-refractivity contribution in [3.63, 3.8) is 0 Å². The van der Waals surface area contributed by atoms with Gasteiger partial charge in [-0.05, 0) is 68.7 Å². The third-order valence-electron chi connectivity index (χ3n) is 6.22. The van der Waals surface area contributed by atoms with Crippen molar-refractivity contribution in [2.45, 2.75) is 52.2 Å². The molecule has 0 radical (unpaired) electrons. The Hall–Kier alpha value is -2.88. The third-order valence-corrected chi connectivity index (χ3v) is 8.29. The highest BCUT2D eigenvalue weighted by Gasteiger charge is 2.34. The van der Waals surface area contributed by atoms with Gasteiger partial charge in [-0.1, -0.05) is 76.1 Å². The molecule has 3 aromatic rings. The van der Waals surface area contributed by atoms with Crippen LogP contribution in [0.5, 0.6) is 0 Å². The first-order chi connectivity index (χ1) is 18.7. The Bertz CT molecular complexity index is 1440. The van der Waals surface area contributed by atoms with E-state index < -0.39 is 34.1 Å². The minimum absolute atomic E-state index is 0.104. The summed E-state index contributed by atoms with van der Waals surface area (Å²) in [4.78, 5) is 29.4. The molecule has 0 fully saturated rings. The summed E-state index contributed by atoms with van der Waals surface area (Å²) in [6, 6.07) is 20.9. The fourth-order valence-electron chi connectivity index (χ4n) is 4.25. The molecule has 7 nitrogen and oxygen atoms in total. The Labute approximate surface area is 250 Å². The molecule has 0 saturated heterocycles. The van der Waals surface area contributed by atoms with E-state index in [1.807, 2.05) is 75.4 Å². The van der Waals surface area contributed by atoms with Crippen molar-refractivity contribution in [2.24, 2.45) is 0 Å². The molecule has 10 heteroatoms. The molecule has 3 rings (SSSR count). The van der Waals surface area contributed by atoms with Gasteiger partial charge < -0.3 is 10.2 Å². The topological polar surface area (TPSA) is 86.8 Å². The molecular weight excluding hydrogens is 614 g/mol. The smallest absolute Gasteiger partial charge is 0.244 e. The lowest BCUT2D eigenvalue weighted by atomic mass is 10.0. The number of nitrogens with one attached hydrogen (secondary N) is 1. The molecule has 0 saturated carbocycles. The summed E-state index contributed by atoms with van der Waals surface area (Å²) in [5.74, 6) is -0.843. The Balaban J connectivity index is 2.09. The summed E-state index contributed by atoms with van der Waals surface area (Å²) < 4.78 is 27.8. The number of benzene rings is 3. The number of carbonyl (C=O) groups excluding carboxylic acids is 2. The average molecular weight is 649 g/mol. The molecule has 0 bridgehead atoms. The maximum Gasteiger partial charge on any atom is 0.244 e. The number of hydrogen-bond donors (Lipinski definition) is 1. The van der Waals surface area contributed by atoms with Crippen molar-refractivity contribution in [2.75, 3.05) is 17.1 Å². The largest absolute Gasteiger partial charge is 0.350 e. The number of rotatable bonds is 10. The van der Waals surface area contributed by atoms with Crippen molar-refractivity contribution < 1.29 is 18.0 Å². The highest BCUT2D eigenvalue weighted by atomic mass is 79.9. The lowest BCUT2D eigenvalue weighted by Crippen LogP contribution is -2.56. The average Bonchev–Trinajstić information content (AvgIpc) is 2.86. The van der Waals surface area contributed by atoms with Crippen molar-refractivity contribution >= 4 is 55.1 Å². The van der Waals surface area contributed by atoms with Gasteiger partial charge in [0.25, 0.3) is 0 Å². The van der Waals surface area contributed by atoms with Crippen LogP contribution < -0.4 is 9.62 Å². The zero-order chi connectivity index (χ0) is 29.7. The highest BCUT2D eigenvalue weighted by Crippen LogP contribution is 2.29. The number of hydrogen-bond acceptors (Lipinski definition) is 4. The minimum Gasteiger partial charge on any atom is -0.350 e. The van der Waals surface area contributed by atoms with E-state index in [2.05, 4.69) is 21.2 Å². The molecule has 0 unspecified atom stereocenters. The second-order valence-corrected chi connectivity index (χ2v) is 14.0. The first-order valence-electron chi connectivity index (χ1n) is 12.8. The maximum absolute atomic E-state index is 14.1. The van der Waals surface area contributed by atoms with E-state index in [1.165, 1.54) is 4.90 Å². The number of sulfonamides is 1.